The Morgan fingerprint density at radius 2 is 1.18 bits per heavy atom. The van der Waals surface area contributed by atoms with Gasteiger partial charge in [-0.15, -0.1) is 0 Å². The zero-order valence-corrected chi connectivity index (χ0v) is 18.5. The van der Waals surface area contributed by atoms with E-state index < -0.39 is 0 Å². The van der Waals surface area contributed by atoms with Crippen LogP contribution in [0.4, 0.5) is 0 Å². The minimum absolute atomic E-state index is 0.987. The van der Waals surface area contributed by atoms with E-state index >= 15 is 0 Å². The number of hydrogen-bond acceptors (Lipinski definition) is 1. The number of benzene rings is 5. The summed E-state index contributed by atoms with van der Waals surface area (Å²) < 4.78 is 0. The van der Waals surface area contributed by atoms with Gasteiger partial charge in [-0.2, -0.15) is 0 Å². The van der Waals surface area contributed by atoms with E-state index in [1.165, 1.54) is 37.7 Å². The molecule has 156 valence electrons. The summed E-state index contributed by atoms with van der Waals surface area (Å²) >= 11 is 0. The molecule has 0 radical (unpaired) electrons. The molecule has 33 heavy (non-hydrogen) atoms. The SMILES string of the molecule is C=C(/C=C(\C)c1nccc2ccccc12)c1ccc2c3ccccc3c3ccccc3c2c1. The first-order chi connectivity index (χ1) is 16.2. The lowest BCUT2D eigenvalue weighted by Gasteiger charge is -2.12. The van der Waals surface area contributed by atoms with E-state index in [-0.39, 0.29) is 0 Å². The molecule has 0 atom stereocenters. The normalized spacial score (nSPS) is 12.1. The third kappa shape index (κ3) is 3.21. The van der Waals surface area contributed by atoms with Crippen molar-refractivity contribution in [3.05, 3.63) is 127 Å². The Morgan fingerprint density at radius 1 is 0.636 bits per heavy atom. The summed E-state index contributed by atoms with van der Waals surface area (Å²) in [6.45, 7) is 6.53. The van der Waals surface area contributed by atoms with Crippen molar-refractivity contribution in [2.24, 2.45) is 0 Å². The van der Waals surface area contributed by atoms with Crippen LogP contribution < -0.4 is 0 Å². The van der Waals surface area contributed by atoms with Crippen molar-refractivity contribution in [2.75, 3.05) is 0 Å². The van der Waals surface area contributed by atoms with Crippen LogP contribution in [0.25, 0.3) is 54.2 Å². The number of pyridine rings is 1. The van der Waals surface area contributed by atoms with E-state index in [2.05, 4.69) is 122 Å². The largest absolute Gasteiger partial charge is 0.256 e. The van der Waals surface area contributed by atoms with Gasteiger partial charge in [0, 0.05) is 11.6 Å². The molecule has 0 aliphatic heterocycles. The number of hydrogen-bond donors (Lipinski definition) is 0. The highest BCUT2D eigenvalue weighted by Crippen LogP contribution is 2.36. The summed E-state index contributed by atoms with van der Waals surface area (Å²) in [7, 11) is 0. The van der Waals surface area contributed by atoms with Crippen molar-refractivity contribution in [1.29, 1.82) is 0 Å². The van der Waals surface area contributed by atoms with Crippen molar-refractivity contribution >= 4 is 54.2 Å². The maximum Gasteiger partial charge on any atom is 0.0737 e. The van der Waals surface area contributed by atoms with Gasteiger partial charge in [0.25, 0.3) is 0 Å². The molecule has 1 heteroatoms. The minimum Gasteiger partial charge on any atom is -0.256 e. The fraction of sp³-hybridized carbons (Fsp3) is 0.0312. The third-order valence-corrected chi connectivity index (χ3v) is 6.55. The first kappa shape index (κ1) is 19.5. The van der Waals surface area contributed by atoms with Crippen LogP contribution in [0.2, 0.25) is 0 Å². The zero-order chi connectivity index (χ0) is 22.4. The Balaban J connectivity index is 1.51. The average molecular weight is 422 g/mol. The lowest BCUT2D eigenvalue weighted by molar-refractivity contribution is 1.30. The first-order valence-corrected chi connectivity index (χ1v) is 11.3. The highest BCUT2D eigenvalue weighted by atomic mass is 14.7. The molecule has 0 bridgehead atoms. The number of fused-ring (bicyclic) bond motifs is 7. The molecule has 0 N–H and O–H groups in total. The minimum atomic E-state index is 0.987. The van der Waals surface area contributed by atoms with Crippen LogP contribution in [0, 0.1) is 0 Å². The molecule has 0 unspecified atom stereocenters. The maximum atomic E-state index is 4.67. The summed E-state index contributed by atoms with van der Waals surface area (Å²) in [4.78, 5) is 4.67. The van der Waals surface area contributed by atoms with Gasteiger partial charge >= 0.3 is 0 Å². The Morgan fingerprint density at radius 3 is 1.85 bits per heavy atom. The Hall–Kier alpha value is -4.23. The number of allylic oxidation sites excluding steroid dienone is 3. The molecule has 1 heterocycles. The van der Waals surface area contributed by atoms with Crippen molar-refractivity contribution in [2.45, 2.75) is 6.92 Å². The molecule has 6 aromatic rings. The fourth-order valence-electron chi connectivity index (χ4n) is 4.95. The molecule has 0 saturated carbocycles. The van der Waals surface area contributed by atoms with Crippen LogP contribution in [-0.4, -0.2) is 4.98 Å². The van der Waals surface area contributed by atoms with E-state index in [0.717, 1.165) is 27.8 Å². The highest BCUT2D eigenvalue weighted by molar-refractivity contribution is 6.25. The van der Waals surface area contributed by atoms with Gasteiger partial charge in [0.05, 0.1) is 5.69 Å². The standard InChI is InChI=1S/C32H23N/c1-21(19-22(2)32-25-10-4-3-9-23(25)17-18-33-32)24-15-16-30-28-13-6-5-11-26(28)27-12-7-8-14-29(27)31(30)20-24/h3-20H,1H2,2H3/b22-19+. The molecule has 0 aliphatic rings. The summed E-state index contributed by atoms with van der Waals surface area (Å²) in [6, 6.07) is 34.5. The van der Waals surface area contributed by atoms with E-state index in [1.54, 1.807) is 0 Å². The van der Waals surface area contributed by atoms with Gasteiger partial charge < -0.3 is 0 Å². The molecule has 0 saturated heterocycles. The lowest BCUT2D eigenvalue weighted by Crippen LogP contribution is -1.90. The number of rotatable bonds is 3. The predicted octanol–water partition coefficient (Wildman–Crippen LogP) is 8.81. The Labute approximate surface area is 193 Å². The van der Waals surface area contributed by atoms with E-state index in [9.17, 15) is 0 Å². The number of nitrogens with zero attached hydrogens (tertiary/aromatic N) is 1. The Bertz CT molecular complexity index is 1700. The second-order valence-corrected chi connectivity index (χ2v) is 8.58. The van der Waals surface area contributed by atoms with Crippen molar-refractivity contribution in [1.82, 2.24) is 4.98 Å². The van der Waals surface area contributed by atoms with Gasteiger partial charge in [-0.05, 0) is 79.5 Å². The van der Waals surface area contributed by atoms with Crippen LogP contribution in [0.3, 0.4) is 0 Å². The van der Waals surface area contributed by atoms with Crippen LogP contribution in [0.15, 0.2) is 116 Å². The molecule has 5 aromatic carbocycles. The van der Waals surface area contributed by atoms with Gasteiger partial charge in [-0.3, -0.25) is 4.98 Å². The third-order valence-electron chi connectivity index (χ3n) is 6.55. The zero-order valence-electron chi connectivity index (χ0n) is 18.5. The Kier molecular flexibility index (Phi) is 4.55. The molecule has 0 amide bonds. The molecular formula is C32H23N. The van der Waals surface area contributed by atoms with Crippen molar-refractivity contribution in [3.8, 4) is 0 Å². The number of aromatic nitrogens is 1. The average Bonchev–Trinajstić information content (AvgIpc) is 2.88. The van der Waals surface area contributed by atoms with Gasteiger partial charge in [0.15, 0.2) is 0 Å². The molecule has 6 rings (SSSR count). The van der Waals surface area contributed by atoms with Gasteiger partial charge in [0.2, 0.25) is 0 Å². The van der Waals surface area contributed by atoms with E-state index in [1.807, 2.05) is 6.20 Å². The molecule has 0 aliphatic carbocycles. The lowest BCUT2D eigenvalue weighted by atomic mass is 9.92. The monoisotopic (exact) mass is 421 g/mol. The van der Waals surface area contributed by atoms with Crippen LogP contribution in [0.1, 0.15) is 18.2 Å². The summed E-state index contributed by atoms with van der Waals surface area (Å²) in [6.07, 6.45) is 4.03. The molecule has 1 aromatic heterocycles. The maximum absolute atomic E-state index is 4.67. The summed E-state index contributed by atoms with van der Waals surface area (Å²) in [5.74, 6) is 0. The highest BCUT2D eigenvalue weighted by Gasteiger charge is 2.10. The smallest absolute Gasteiger partial charge is 0.0737 e. The van der Waals surface area contributed by atoms with Crippen LogP contribution in [-0.2, 0) is 0 Å². The summed E-state index contributed by atoms with van der Waals surface area (Å²) in [5, 5.41) is 10.0. The van der Waals surface area contributed by atoms with Gasteiger partial charge in [0.1, 0.15) is 0 Å². The van der Waals surface area contributed by atoms with E-state index in [0.29, 0.717) is 0 Å². The summed E-state index contributed by atoms with van der Waals surface area (Å²) in [5.41, 5.74) is 4.23. The van der Waals surface area contributed by atoms with Crippen LogP contribution >= 0.6 is 0 Å². The topological polar surface area (TPSA) is 12.9 Å². The molecular weight excluding hydrogens is 398 g/mol. The molecule has 0 spiro atoms. The first-order valence-electron chi connectivity index (χ1n) is 11.3. The fourth-order valence-corrected chi connectivity index (χ4v) is 4.95. The van der Waals surface area contributed by atoms with Gasteiger partial charge in [-0.1, -0.05) is 91.5 Å². The van der Waals surface area contributed by atoms with E-state index in [4.69, 9.17) is 0 Å². The van der Waals surface area contributed by atoms with Gasteiger partial charge in [-0.25, -0.2) is 0 Å². The second kappa shape index (κ2) is 7.72. The van der Waals surface area contributed by atoms with Crippen LogP contribution in [0.5, 0.6) is 0 Å². The van der Waals surface area contributed by atoms with Crippen molar-refractivity contribution in [3.63, 3.8) is 0 Å². The molecule has 1 nitrogen and oxygen atoms in total. The molecule has 0 fully saturated rings. The predicted molar refractivity (Wildman–Crippen MR) is 143 cm³/mol. The van der Waals surface area contributed by atoms with Crippen molar-refractivity contribution < 1.29 is 0 Å². The quantitative estimate of drug-likeness (QED) is 0.205. The second-order valence-electron chi connectivity index (χ2n) is 8.58.